The molecule has 0 bridgehead atoms. The first-order valence-electron chi connectivity index (χ1n) is 9.77. The standard InChI is InChI=1S/C22H22N6O3/c1-26-12-11-16(25-26)14-27-18-9-5-6-10-19(18)28(22(27)31)21(30)24-20(29)17(23)13-15-7-3-2-4-8-15/h2-12,17H,13-14,23H2,1H3,(H,24,29,30)/t17-/m0/s1. The van der Waals surface area contributed by atoms with Crippen molar-refractivity contribution in [3.05, 3.63) is 88.6 Å². The molecule has 2 aromatic heterocycles. The van der Waals surface area contributed by atoms with Crippen molar-refractivity contribution in [3.63, 3.8) is 0 Å². The quantitative estimate of drug-likeness (QED) is 0.506. The molecule has 0 aliphatic heterocycles. The van der Waals surface area contributed by atoms with Crippen LogP contribution in [-0.2, 0) is 24.8 Å². The number of para-hydroxylation sites is 2. The van der Waals surface area contributed by atoms with Gasteiger partial charge in [0.2, 0.25) is 5.91 Å². The van der Waals surface area contributed by atoms with E-state index in [1.165, 1.54) is 4.57 Å². The van der Waals surface area contributed by atoms with Gasteiger partial charge in [-0.05, 0) is 30.2 Å². The molecule has 0 aliphatic carbocycles. The van der Waals surface area contributed by atoms with Gasteiger partial charge in [-0.3, -0.25) is 19.4 Å². The Balaban J connectivity index is 1.60. The van der Waals surface area contributed by atoms with Gasteiger partial charge in [0.15, 0.2) is 0 Å². The van der Waals surface area contributed by atoms with Crippen molar-refractivity contribution in [2.45, 2.75) is 19.0 Å². The molecule has 158 valence electrons. The Morgan fingerprint density at radius 2 is 1.71 bits per heavy atom. The minimum Gasteiger partial charge on any atom is -0.320 e. The number of benzene rings is 2. The molecule has 1 atom stereocenters. The van der Waals surface area contributed by atoms with Crippen molar-refractivity contribution in [1.82, 2.24) is 24.2 Å². The van der Waals surface area contributed by atoms with Gasteiger partial charge in [-0.25, -0.2) is 14.2 Å². The van der Waals surface area contributed by atoms with E-state index < -0.39 is 23.7 Å². The van der Waals surface area contributed by atoms with Crippen molar-refractivity contribution >= 4 is 23.0 Å². The molecule has 2 heterocycles. The number of fused-ring (bicyclic) bond motifs is 1. The maximum atomic E-state index is 13.1. The van der Waals surface area contributed by atoms with Gasteiger partial charge < -0.3 is 5.73 Å². The molecule has 9 heteroatoms. The van der Waals surface area contributed by atoms with Crippen molar-refractivity contribution in [3.8, 4) is 0 Å². The number of imidazole rings is 1. The number of imide groups is 1. The number of amides is 2. The van der Waals surface area contributed by atoms with E-state index in [4.69, 9.17) is 5.73 Å². The van der Waals surface area contributed by atoms with Gasteiger partial charge in [-0.2, -0.15) is 5.10 Å². The first-order valence-corrected chi connectivity index (χ1v) is 9.77. The Labute approximate surface area is 177 Å². The van der Waals surface area contributed by atoms with E-state index in [0.29, 0.717) is 16.7 Å². The molecule has 31 heavy (non-hydrogen) atoms. The lowest BCUT2D eigenvalue weighted by Gasteiger charge is -2.11. The van der Waals surface area contributed by atoms with Gasteiger partial charge >= 0.3 is 11.7 Å². The van der Waals surface area contributed by atoms with Crippen LogP contribution in [-0.4, -0.2) is 36.9 Å². The Bertz CT molecular complexity index is 1300. The third-order valence-corrected chi connectivity index (χ3v) is 4.99. The summed E-state index contributed by atoms with van der Waals surface area (Å²) < 4.78 is 4.04. The largest absolute Gasteiger partial charge is 0.337 e. The Morgan fingerprint density at radius 1 is 1.03 bits per heavy atom. The smallest absolute Gasteiger partial charge is 0.320 e. The third kappa shape index (κ3) is 4.17. The van der Waals surface area contributed by atoms with Crippen molar-refractivity contribution in [2.24, 2.45) is 12.8 Å². The lowest BCUT2D eigenvalue weighted by atomic mass is 10.1. The van der Waals surface area contributed by atoms with Crippen molar-refractivity contribution < 1.29 is 9.59 Å². The molecule has 0 unspecified atom stereocenters. The average molecular weight is 418 g/mol. The second-order valence-corrected chi connectivity index (χ2v) is 7.26. The summed E-state index contributed by atoms with van der Waals surface area (Å²) in [5.74, 6) is -0.651. The topological polar surface area (TPSA) is 117 Å². The number of carbonyl (C=O) groups excluding carboxylic acids is 2. The monoisotopic (exact) mass is 418 g/mol. The molecule has 4 rings (SSSR count). The number of rotatable bonds is 5. The SMILES string of the molecule is Cn1ccc(Cn2c(=O)n(C(=O)NC(=O)[C@@H](N)Cc3ccccc3)c3ccccc32)n1. The number of carbonyl (C=O) groups is 2. The van der Waals surface area contributed by atoms with Gasteiger partial charge in [0.25, 0.3) is 0 Å². The molecule has 2 amide bonds. The number of aryl methyl sites for hydroxylation is 1. The summed E-state index contributed by atoms with van der Waals surface area (Å²) in [6.07, 6.45) is 2.05. The van der Waals surface area contributed by atoms with Crippen LogP contribution in [0.5, 0.6) is 0 Å². The molecule has 0 fully saturated rings. The second-order valence-electron chi connectivity index (χ2n) is 7.26. The van der Waals surface area contributed by atoms with Crippen LogP contribution in [0.3, 0.4) is 0 Å². The van der Waals surface area contributed by atoms with Crippen LogP contribution in [0.4, 0.5) is 4.79 Å². The third-order valence-electron chi connectivity index (χ3n) is 4.99. The molecule has 2 aromatic carbocycles. The van der Waals surface area contributed by atoms with E-state index in [0.717, 1.165) is 10.1 Å². The predicted octanol–water partition coefficient (Wildman–Crippen LogP) is 1.24. The molecular weight excluding hydrogens is 396 g/mol. The van der Waals surface area contributed by atoms with Crippen LogP contribution >= 0.6 is 0 Å². The maximum absolute atomic E-state index is 13.1. The number of nitrogens with two attached hydrogens (primary N) is 1. The molecular formula is C22H22N6O3. The summed E-state index contributed by atoms with van der Waals surface area (Å²) >= 11 is 0. The Kier molecular flexibility index (Phi) is 5.50. The van der Waals surface area contributed by atoms with E-state index in [9.17, 15) is 14.4 Å². The molecule has 0 spiro atoms. The van der Waals surface area contributed by atoms with Crippen LogP contribution in [0.2, 0.25) is 0 Å². The van der Waals surface area contributed by atoms with Crippen LogP contribution in [0.25, 0.3) is 11.0 Å². The summed E-state index contributed by atoms with van der Waals surface area (Å²) in [6, 6.07) is 16.2. The summed E-state index contributed by atoms with van der Waals surface area (Å²) in [5, 5.41) is 6.55. The highest BCUT2D eigenvalue weighted by Gasteiger charge is 2.23. The number of nitrogens with one attached hydrogen (secondary N) is 1. The molecule has 0 saturated carbocycles. The van der Waals surface area contributed by atoms with E-state index >= 15 is 0 Å². The fraction of sp³-hybridized carbons (Fsp3) is 0.182. The first kappa shape index (κ1) is 20.3. The zero-order chi connectivity index (χ0) is 22.0. The van der Waals surface area contributed by atoms with E-state index in [-0.39, 0.29) is 13.0 Å². The minimum absolute atomic E-state index is 0.196. The van der Waals surface area contributed by atoms with Crippen LogP contribution in [0.1, 0.15) is 11.3 Å². The molecule has 3 N–H and O–H groups in total. The maximum Gasteiger partial charge on any atom is 0.337 e. The number of hydrogen-bond acceptors (Lipinski definition) is 5. The molecule has 9 nitrogen and oxygen atoms in total. The zero-order valence-electron chi connectivity index (χ0n) is 16.9. The summed E-state index contributed by atoms with van der Waals surface area (Å²) in [7, 11) is 1.79. The number of hydrogen-bond donors (Lipinski definition) is 2. The fourth-order valence-electron chi connectivity index (χ4n) is 3.48. The first-order chi connectivity index (χ1) is 14.9. The van der Waals surface area contributed by atoms with Crippen LogP contribution < -0.4 is 16.7 Å². The van der Waals surface area contributed by atoms with E-state index in [2.05, 4.69) is 10.4 Å². The fourth-order valence-corrected chi connectivity index (χ4v) is 3.48. The van der Waals surface area contributed by atoms with Gasteiger partial charge in [0.1, 0.15) is 0 Å². The highest BCUT2D eigenvalue weighted by molar-refractivity contribution is 6.01. The summed E-state index contributed by atoms with van der Waals surface area (Å²) in [6.45, 7) is 0.196. The molecule has 0 radical (unpaired) electrons. The lowest BCUT2D eigenvalue weighted by Crippen LogP contribution is -2.48. The summed E-state index contributed by atoms with van der Waals surface area (Å²) in [5.41, 5.74) is 7.92. The molecule has 0 aliphatic rings. The van der Waals surface area contributed by atoms with Crippen molar-refractivity contribution in [1.29, 1.82) is 0 Å². The minimum atomic E-state index is -0.927. The molecule has 4 aromatic rings. The van der Waals surface area contributed by atoms with Gasteiger partial charge in [-0.1, -0.05) is 42.5 Å². The van der Waals surface area contributed by atoms with Gasteiger partial charge in [0, 0.05) is 13.2 Å². The van der Waals surface area contributed by atoms with Crippen LogP contribution in [0.15, 0.2) is 71.7 Å². The van der Waals surface area contributed by atoms with Crippen molar-refractivity contribution in [2.75, 3.05) is 0 Å². The van der Waals surface area contributed by atoms with Crippen LogP contribution in [0, 0.1) is 0 Å². The Morgan fingerprint density at radius 3 is 2.39 bits per heavy atom. The van der Waals surface area contributed by atoms with E-state index in [1.54, 1.807) is 48.3 Å². The van der Waals surface area contributed by atoms with E-state index in [1.807, 2.05) is 30.3 Å². The normalized spacial score (nSPS) is 12.1. The zero-order valence-corrected chi connectivity index (χ0v) is 16.9. The highest BCUT2D eigenvalue weighted by Crippen LogP contribution is 2.14. The summed E-state index contributed by atoms with van der Waals surface area (Å²) in [4.78, 5) is 38.4. The predicted molar refractivity (Wildman–Crippen MR) is 116 cm³/mol. The number of aromatic nitrogens is 4. The highest BCUT2D eigenvalue weighted by atomic mass is 16.2. The van der Waals surface area contributed by atoms with Gasteiger partial charge in [-0.15, -0.1) is 0 Å². The van der Waals surface area contributed by atoms with Gasteiger partial charge in [0.05, 0.1) is 29.3 Å². The average Bonchev–Trinajstić information content (AvgIpc) is 3.29. The Hall–Kier alpha value is -3.98. The lowest BCUT2D eigenvalue weighted by molar-refractivity contribution is -0.121. The number of nitrogens with zero attached hydrogens (tertiary/aromatic N) is 4. The second kappa shape index (κ2) is 8.41. The molecule has 0 saturated heterocycles.